The number of thiocarbonyl (C=S) groups is 1. The summed E-state index contributed by atoms with van der Waals surface area (Å²) in [5, 5.41) is 8.76. The molecule has 112 valence electrons. The van der Waals surface area contributed by atoms with Crippen molar-refractivity contribution < 1.29 is 0 Å². The van der Waals surface area contributed by atoms with E-state index in [9.17, 15) is 0 Å². The van der Waals surface area contributed by atoms with Gasteiger partial charge in [0.1, 0.15) is 4.99 Å². The number of aryl methyl sites for hydroxylation is 1. The van der Waals surface area contributed by atoms with Crippen LogP contribution in [0.2, 0.25) is 0 Å². The van der Waals surface area contributed by atoms with Gasteiger partial charge in [0.25, 0.3) is 0 Å². The van der Waals surface area contributed by atoms with Crippen LogP contribution in [0, 0.1) is 0 Å². The van der Waals surface area contributed by atoms with Gasteiger partial charge in [0.05, 0.1) is 11.3 Å². The van der Waals surface area contributed by atoms with Gasteiger partial charge in [0.2, 0.25) is 0 Å². The fourth-order valence-electron chi connectivity index (χ4n) is 2.49. The van der Waals surface area contributed by atoms with Crippen molar-refractivity contribution in [2.24, 2.45) is 5.73 Å². The van der Waals surface area contributed by atoms with E-state index in [2.05, 4.69) is 42.8 Å². The Morgan fingerprint density at radius 2 is 1.90 bits per heavy atom. The van der Waals surface area contributed by atoms with Crippen molar-refractivity contribution in [2.45, 2.75) is 59.4 Å². The van der Waals surface area contributed by atoms with E-state index in [4.69, 9.17) is 18.0 Å². The lowest BCUT2D eigenvalue weighted by Crippen LogP contribution is -2.33. The number of hydrogen-bond donors (Lipinski definition) is 1. The van der Waals surface area contributed by atoms with E-state index in [1.54, 1.807) is 0 Å². The quantitative estimate of drug-likeness (QED) is 0.784. The smallest absolute Gasteiger partial charge is 0.161 e. The summed E-state index contributed by atoms with van der Waals surface area (Å²) in [7, 11) is 2.04. The summed E-state index contributed by atoms with van der Waals surface area (Å²) in [6, 6.07) is 0.389. The first kappa shape index (κ1) is 16.8. The molecule has 0 saturated carbocycles. The average molecular weight is 294 g/mol. The Morgan fingerprint density at radius 1 is 1.25 bits per heavy atom. The van der Waals surface area contributed by atoms with Gasteiger partial charge in [-0.2, -0.15) is 5.10 Å². The number of rotatable bonds is 7. The van der Waals surface area contributed by atoms with E-state index in [0.717, 1.165) is 48.3 Å². The highest BCUT2D eigenvalue weighted by Gasteiger charge is 2.21. The van der Waals surface area contributed by atoms with E-state index in [1.165, 1.54) is 0 Å². The third-order valence-corrected chi connectivity index (χ3v) is 3.98. The fraction of sp³-hybridized carbons (Fsp3) is 0.667. The Balaban J connectivity index is 3.36. The van der Waals surface area contributed by atoms with Crippen LogP contribution in [0.25, 0.3) is 0 Å². The third kappa shape index (κ3) is 3.45. The first-order chi connectivity index (χ1) is 9.47. The van der Waals surface area contributed by atoms with Crippen LogP contribution in [0.5, 0.6) is 0 Å². The molecule has 0 aliphatic carbocycles. The first-order valence-electron chi connectivity index (χ1n) is 7.38. The molecule has 1 unspecified atom stereocenters. The van der Waals surface area contributed by atoms with Crippen LogP contribution in [0.1, 0.15) is 57.4 Å². The molecule has 0 saturated heterocycles. The number of nitrogens with two attached hydrogens (primary N) is 1. The fourth-order valence-corrected chi connectivity index (χ4v) is 2.70. The molecular formula is C15H26N4S. The summed E-state index contributed by atoms with van der Waals surface area (Å²) in [5.74, 6) is 0.813. The molecule has 0 fully saturated rings. The highest BCUT2D eigenvalue weighted by molar-refractivity contribution is 7.80. The van der Waals surface area contributed by atoms with Gasteiger partial charge in [-0.1, -0.05) is 39.4 Å². The average Bonchev–Trinajstić information content (AvgIpc) is 2.44. The minimum atomic E-state index is 0.389. The van der Waals surface area contributed by atoms with Gasteiger partial charge in [0, 0.05) is 13.1 Å². The zero-order valence-corrected chi connectivity index (χ0v) is 14.0. The minimum Gasteiger partial charge on any atom is -0.389 e. The zero-order chi connectivity index (χ0) is 15.3. The molecule has 20 heavy (non-hydrogen) atoms. The molecule has 2 N–H and O–H groups in total. The van der Waals surface area contributed by atoms with Crippen LogP contribution in [0.15, 0.2) is 0 Å². The van der Waals surface area contributed by atoms with Crippen LogP contribution < -0.4 is 10.6 Å². The van der Waals surface area contributed by atoms with Gasteiger partial charge in [-0.3, -0.25) is 0 Å². The highest BCUT2D eigenvalue weighted by atomic mass is 32.1. The van der Waals surface area contributed by atoms with Crippen molar-refractivity contribution in [1.82, 2.24) is 10.2 Å². The lowest BCUT2D eigenvalue weighted by atomic mass is 10.0. The van der Waals surface area contributed by atoms with Crippen LogP contribution in [-0.4, -0.2) is 28.3 Å². The maximum absolute atomic E-state index is 5.96. The van der Waals surface area contributed by atoms with Gasteiger partial charge in [-0.05, 0) is 31.7 Å². The molecule has 0 aromatic carbocycles. The van der Waals surface area contributed by atoms with Crippen LogP contribution in [0.3, 0.4) is 0 Å². The molecule has 4 nitrogen and oxygen atoms in total. The minimum absolute atomic E-state index is 0.389. The lowest BCUT2D eigenvalue weighted by molar-refractivity contribution is 0.606. The predicted octanol–water partition coefficient (Wildman–Crippen LogP) is 2.86. The maximum Gasteiger partial charge on any atom is 0.161 e. The summed E-state index contributed by atoms with van der Waals surface area (Å²) < 4.78 is 0. The number of aromatic nitrogens is 2. The topological polar surface area (TPSA) is 55.0 Å². The van der Waals surface area contributed by atoms with Gasteiger partial charge in [0.15, 0.2) is 5.82 Å². The van der Waals surface area contributed by atoms with Gasteiger partial charge >= 0.3 is 0 Å². The molecule has 1 heterocycles. The van der Waals surface area contributed by atoms with Crippen molar-refractivity contribution in [1.29, 1.82) is 0 Å². The normalized spacial score (nSPS) is 12.2. The van der Waals surface area contributed by atoms with Gasteiger partial charge in [-0.15, -0.1) is 5.10 Å². The number of anilines is 1. The van der Waals surface area contributed by atoms with Gasteiger partial charge < -0.3 is 10.6 Å². The first-order valence-corrected chi connectivity index (χ1v) is 7.79. The second kappa shape index (κ2) is 7.53. The highest BCUT2D eigenvalue weighted by Crippen LogP contribution is 2.25. The van der Waals surface area contributed by atoms with E-state index in [-0.39, 0.29) is 0 Å². The SMILES string of the molecule is CCCC(C)N(C)c1nnc(CC)c(CC)c1C(N)=S. The standard InChI is InChI=1S/C15H26N4S/c1-6-9-10(4)19(5)15-13(14(16)20)11(7-2)12(8-3)17-18-15/h10H,6-9H2,1-5H3,(H2,16,20). The largest absolute Gasteiger partial charge is 0.389 e. The summed E-state index contributed by atoms with van der Waals surface area (Å²) in [6.07, 6.45) is 3.95. The van der Waals surface area contributed by atoms with Crippen LogP contribution in [0.4, 0.5) is 5.82 Å². The molecule has 1 aromatic rings. The molecule has 5 heteroatoms. The Morgan fingerprint density at radius 3 is 2.35 bits per heavy atom. The van der Waals surface area contributed by atoms with Crippen molar-refractivity contribution in [3.8, 4) is 0 Å². The molecule has 0 radical (unpaired) electrons. The molecular weight excluding hydrogens is 268 g/mol. The lowest BCUT2D eigenvalue weighted by Gasteiger charge is -2.28. The van der Waals surface area contributed by atoms with Crippen molar-refractivity contribution in [3.05, 3.63) is 16.8 Å². The van der Waals surface area contributed by atoms with E-state index in [1.807, 2.05) is 7.05 Å². The molecule has 0 bridgehead atoms. The Bertz CT molecular complexity index is 473. The second-order valence-corrected chi connectivity index (χ2v) is 5.58. The monoisotopic (exact) mass is 294 g/mol. The number of hydrogen-bond acceptors (Lipinski definition) is 4. The molecule has 1 aromatic heterocycles. The Labute approximate surface area is 127 Å². The summed E-state index contributed by atoms with van der Waals surface area (Å²) in [6.45, 7) is 8.56. The van der Waals surface area contributed by atoms with E-state index in [0.29, 0.717) is 11.0 Å². The molecule has 0 spiro atoms. The molecule has 1 atom stereocenters. The second-order valence-electron chi connectivity index (χ2n) is 5.14. The molecule has 0 aliphatic heterocycles. The maximum atomic E-state index is 5.96. The third-order valence-electron chi connectivity index (χ3n) is 3.78. The molecule has 0 aliphatic rings. The molecule has 0 amide bonds. The Hall–Kier alpha value is -1.23. The van der Waals surface area contributed by atoms with Crippen molar-refractivity contribution >= 4 is 23.0 Å². The van der Waals surface area contributed by atoms with Crippen molar-refractivity contribution in [3.63, 3.8) is 0 Å². The van der Waals surface area contributed by atoms with E-state index < -0.39 is 0 Å². The Kier molecular flexibility index (Phi) is 6.33. The molecule has 1 rings (SSSR count). The van der Waals surface area contributed by atoms with Gasteiger partial charge in [-0.25, -0.2) is 0 Å². The number of nitrogens with zero attached hydrogens (tertiary/aromatic N) is 3. The van der Waals surface area contributed by atoms with Crippen LogP contribution >= 0.6 is 12.2 Å². The summed E-state index contributed by atoms with van der Waals surface area (Å²) >= 11 is 5.26. The summed E-state index contributed by atoms with van der Waals surface area (Å²) in [5.41, 5.74) is 9.00. The van der Waals surface area contributed by atoms with Crippen molar-refractivity contribution in [2.75, 3.05) is 11.9 Å². The van der Waals surface area contributed by atoms with Crippen LogP contribution in [-0.2, 0) is 12.8 Å². The van der Waals surface area contributed by atoms with E-state index >= 15 is 0 Å². The predicted molar refractivity (Wildman–Crippen MR) is 89.4 cm³/mol. The zero-order valence-electron chi connectivity index (χ0n) is 13.2. The summed E-state index contributed by atoms with van der Waals surface area (Å²) in [4.78, 5) is 2.56.